The average molecular weight is 356 g/mol. The van der Waals surface area contributed by atoms with E-state index in [-0.39, 0.29) is 5.91 Å². The summed E-state index contributed by atoms with van der Waals surface area (Å²) in [5, 5.41) is 15.2. The monoisotopic (exact) mass is 356 g/mol. The third kappa shape index (κ3) is 5.42. The Bertz CT molecular complexity index is 774. The molecule has 0 heterocycles. The first-order valence-corrected chi connectivity index (χ1v) is 7.99. The van der Waals surface area contributed by atoms with Crippen LogP contribution in [0.1, 0.15) is 25.5 Å². The molecule has 0 unspecified atom stereocenters. The minimum absolute atomic E-state index is 0.195. The van der Waals surface area contributed by atoms with Gasteiger partial charge >= 0.3 is 5.97 Å². The number of hydrogen-bond acceptors (Lipinski definition) is 5. The van der Waals surface area contributed by atoms with Crippen LogP contribution in [0.4, 0.5) is 11.4 Å². The van der Waals surface area contributed by atoms with Gasteiger partial charge in [0.15, 0.2) is 12.2 Å². The summed E-state index contributed by atoms with van der Waals surface area (Å²) in [6.45, 7) is 2.81. The Morgan fingerprint density at radius 3 is 2.00 bits per heavy atom. The van der Waals surface area contributed by atoms with Crippen molar-refractivity contribution in [3.8, 4) is 0 Å². The van der Waals surface area contributed by atoms with Crippen molar-refractivity contribution in [3.05, 3.63) is 60.2 Å². The summed E-state index contributed by atoms with van der Waals surface area (Å²) in [6.07, 6.45) is -2.54. The minimum Gasteiger partial charge on any atom is -0.450 e. The maximum atomic E-state index is 12.1. The zero-order chi connectivity index (χ0) is 19.1. The number of benzene rings is 2. The zero-order valence-corrected chi connectivity index (χ0v) is 14.4. The van der Waals surface area contributed by atoms with Gasteiger partial charge in [-0.2, -0.15) is 0 Å². The molecule has 0 fully saturated rings. The van der Waals surface area contributed by atoms with Crippen molar-refractivity contribution in [2.45, 2.75) is 26.1 Å². The summed E-state index contributed by atoms with van der Waals surface area (Å²) < 4.78 is 5.02. The maximum absolute atomic E-state index is 12.1. The molecule has 26 heavy (non-hydrogen) atoms. The van der Waals surface area contributed by atoms with Crippen LogP contribution in [0, 0.1) is 0 Å². The smallest absolute Gasteiger partial charge is 0.340 e. The van der Waals surface area contributed by atoms with E-state index in [0.717, 1.165) is 0 Å². The Morgan fingerprint density at radius 1 is 0.923 bits per heavy atom. The molecule has 0 aliphatic rings. The second-order valence-electron chi connectivity index (χ2n) is 5.64. The number of anilines is 2. The van der Waals surface area contributed by atoms with Crippen molar-refractivity contribution >= 4 is 29.2 Å². The highest BCUT2D eigenvalue weighted by Crippen LogP contribution is 2.16. The Hall–Kier alpha value is -3.19. The van der Waals surface area contributed by atoms with Crippen LogP contribution in [0.15, 0.2) is 54.6 Å². The van der Waals surface area contributed by atoms with Crippen LogP contribution in [-0.4, -0.2) is 29.0 Å². The highest BCUT2D eigenvalue weighted by Gasteiger charge is 2.24. The number of amides is 2. The van der Waals surface area contributed by atoms with Crippen LogP contribution < -0.4 is 10.6 Å². The lowest BCUT2D eigenvalue weighted by Gasteiger charge is -2.16. The van der Waals surface area contributed by atoms with E-state index >= 15 is 0 Å². The van der Waals surface area contributed by atoms with Crippen molar-refractivity contribution in [1.82, 2.24) is 0 Å². The van der Waals surface area contributed by atoms with E-state index in [4.69, 9.17) is 4.74 Å². The molecule has 0 spiro atoms. The van der Waals surface area contributed by atoms with Crippen LogP contribution in [0.2, 0.25) is 0 Å². The van der Waals surface area contributed by atoms with Gasteiger partial charge in [0.1, 0.15) is 0 Å². The average Bonchev–Trinajstić information content (AvgIpc) is 2.62. The number of nitrogens with one attached hydrogen (secondary N) is 2. The molecular formula is C19H20N2O5. The van der Waals surface area contributed by atoms with Gasteiger partial charge in [0.25, 0.3) is 5.91 Å². The number of carbonyl (C=O) groups excluding carboxylic acids is 3. The fourth-order valence-corrected chi connectivity index (χ4v) is 2.15. The molecule has 7 heteroatoms. The third-order valence-corrected chi connectivity index (χ3v) is 3.47. The Balaban J connectivity index is 1.90. The number of esters is 1. The van der Waals surface area contributed by atoms with Crippen molar-refractivity contribution in [3.63, 3.8) is 0 Å². The van der Waals surface area contributed by atoms with E-state index in [1.165, 1.54) is 13.8 Å². The van der Waals surface area contributed by atoms with E-state index in [9.17, 15) is 19.5 Å². The molecule has 2 rings (SSSR count). The summed E-state index contributed by atoms with van der Waals surface area (Å²) in [5.41, 5.74) is 1.47. The highest BCUT2D eigenvalue weighted by atomic mass is 16.6. The topological polar surface area (TPSA) is 105 Å². The normalized spacial score (nSPS) is 12.6. The summed E-state index contributed by atoms with van der Waals surface area (Å²) in [4.78, 5) is 35.1. The van der Waals surface area contributed by atoms with Gasteiger partial charge < -0.3 is 20.5 Å². The number of carbonyl (C=O) groups is 3. The Kier molecular flexibility index (Phi) is 6.46. The predicted molar refractivity (Wildman–Crippen MR) is 96.3 cm³/mol. The number of rotatable bonds is 6. The Labute approximate surface area is 151 Å². The summed E-state index contributed by atoms with van der Waals surface area (Å²) >= 11 is 0. The lowest BCUT2D eigenvalue weighted by molar-refractivity contribution is -0.162. The van der Waals surface area contributed by atoms with Crippen molar-refractivity contribution in [1.29, 1.82) is 0 Å². The fraction of sp³-hybridized carbons (Fsp3) is 0.211. The molecule has 2 aromatic rings. The molecule has 0 aliphatic carbocycles. The largest absolute Gasteiger partial charge is 0.450 e. The van der Waals surface area contributed by atoms with Gasteiger partial charge in [0.2, 0.25) is 5.91 Å². The van der Waals surface area contributed by atoms with E-state index in [1.807, 2.05) is 0 Å². The molecule has 2 amide bonds. The minimum atomic E-state index is -1.46. The first-order valence-electron chi connectivity index (χ1n) is 7.99. The molecule has 0 bridgehead atoms. The molecule has 3 N–H and O–H groups in total. The molecule has 7 nitrogen and oxygen atoms in total. The zero-order valence-electron chi connectivity index (χ0n) is 14.4. The fourth-order valence-electron chi connectivity index (χ4n) is 2.15. The van der Waals surface area contributed by atoms with Crippen LogP contribution in [0.3, 0.4) is 0 Å². The van der Waals surface area contributed by atoms with Crippen LogP contribution in [-0.2, 0) is 19.1 Å². The molecule has 0 aromatic heterocycles. The number of ether oxygens (including phenoxy) is 1. The molecule has 136 valence electrons. The van der Waals surface area contributed by atoms with E-state index < -0.39 is 24.1 Å². The second kappa shape index (κ2) is 8.77. The van der Waals surface area contributed by atoms with Crippen molar-refractivity contribution in [2.75, 3.05) is 10.6 Å². The van der Waals surface area contributed by atoms with Gasteiger partial charge in [-0.25, -0.2) is 4.79 Å². The quantitative estimate of drug-likeness (QED) is 0.689. The number of hydrogen-bond donors (Lipinski definition) is 3. The van der Waals surface area contributed by atoms with Crippen LogP contribution >= 0.6 is 0 Å². The van der Waals surface area contributed by atoms with Crippen LogP contribution in [0.5, 0.6) is 0 Å². The van der Waals surface area contributed by atoms with E-state index in [2.05, 4.69) is 10.6 Å². The highest BCUT2D eigenvalue weighted by molar-refractivity contribution is 5.96. The first-order chi connectivity index (χ1) is 12.4. The Morgan fingerprint density at radius 2 is 1.46 bits per heavy atom. The summed E-state index contributed by atoms with van der Waals surface area (Å²) in [5.74, 6) is -1.63. The lowest BCUT2D eigenvalue weighted by Crippen LogP contribution is -2.31. The van der Waals surface area contributed by atoms with Crippen LogP contribution in [0.25, 0.3) is 0 Å². The molecule has 2 atom stereocenters. The van der Waals surface area contributed by atoms with Gasteiger partial charge in [0.05, 0.1) is 0 Å². The first kappa shape index (κ1) is 19.1. The molecule has 0 saturated carbocycles. The molecule has 0 radical (unpaired) electrons. The molecule has 0 aliphatic heterocycles. The number of aliphatic hydroxyl groups is 1. The molecule has 0 saturated heterocycles. The van der Waals surface area contributed by atoms with Crippen molar-refractivity contribution < 1.29 is 24.2 Å². The van der Waals surface area contributed by atoms with Gasteiger partial charge in [-0.05, 0) is 36.8 Å². The van der Waals surface area contributed by atoms with Crippen molar-refractivity contribution in [2.24, 2.45) is 0 Å². The second-order valence-corrected chi connectivity index (χ2v) is 5.64. The summed E-state index contributed by atoms with van der Waals surface area (Å²) in [7, 11) is 0. The number of aliphatic hydroxyl groups excluding tert-OH is 1. The van der Waals surface area contributed by atoms with Gasteiger partial charge in [-0.3, -0.25) is 9.59 Å². The third-order valence-electron chi connectivity index (χ3n) is 3.47. The standard InChI is InChI=1S/C19H20N2O5/c1-12(26-19(25)17(23)14-6-4-3-5-7-14)18(24)21-16-10-8-15(9-11-16)20-13(2)22/h3-12,17,23H,1-2H3,(H,20,22)(H,21,24)/t12-,17-/m1/s1. The summed E-state index contributed by atoms with van der Waals surface area (Å²) in [6, 6.07) is 14.8. The van der Waals surface area contributed by atoms with Gasteiger partial charge in [0, 0.05) is 18.3 Å². The van der Waals surface area contributed by atoms with E-state index in [0.29, 0.717) is 16.9 Å². The van der Waals surface area contributed by atoms with Gasteiger partial charge in [-0.1, -0.05) is 30.3 Å². The SMILES string of the molecule is CC(=O)Nc1ccc(NC(=O)[C@@H](C)OC(=O)[C@H](O)c2ccccc2)cc1. The maximum Gasteiger partial charge on any atom is 0.340 e. The lowest BCUT2D eigenvalue weighted by atomic mass is 10.1. The van der Waals surface area contributed by atoms with E-state index in [1.54, 1.807) is 54.6 Å². The molecule has 2 aromatic carbocycles. The predicted octanol–water partition coefficient (Wildman–Crippen LogP) is 2.25. The molecular weight excluding hydrogens is 336 g/mol. The van der Waals surface area contributed by atoms with Gasteiger partial charge in [-0.15, -0.1) is 0 Å².